The first-order valence-corrected chi connectivity index (χ1v) is 8.44. The van der Waals surface area contributed by atoms with Gasteiger partial charge in [0.1, 0.15) is 5.75 Å². The van der Waals surface area contributed by atoms with E-state index in [1.54, 1.807) is 68.5 Å². The second-order valence-corrected chi connectivity index (χ2v) is 5.59. The summed E-state index contributed by atoms with van der Waals surface area (Å²) < 4.78 is 10.4. The maximum atomic E-state index is 12.2. The number of amides is 1. The topological polar surface area (TPSA) is 88.4 Å². The number of rotatable bonds is 7. The largest absolute Gasteiger partial charge is 0.481 e. The fourth-order valence-electron chi connectivity index (χ4n) is 2.14. The first-order chi connectivity index (χ1) is 13.0. The molecule has 27 heavy (non-hydrogen) atoms. The van der Waals surface area contributed by atoms with E-state index in [1.807, 2.05) is 6.07 Å². The van der Waals surface area contributed by atoms with Gasteiger partial charge >= 0.3 is 5.97 Å². The summed E-state index contributed by atoms with van der Waals surface area (Å²) in [5.74, 6) is -0.186. The Bertz CT molecular complexity index is 849. The van der Waals surface area contributed by atoms with Crippen LogP contribution in [0.25, 0.3) is 6.08 Å². The highest BCUT2D eigenvalue weighted by atomic mass is 16.5. The molecule has 0 radical (unpaired) electrons. The Morgan fingerprint density at radius 3 is 2.41 bits per heavy atom. The van der Waals surface area contributed by atoms with Crippen molar-refractivity contribution in [2.75, 3.05) is 11.9 Å². The summed E-state index contributed by atoms with van der Waals surface area (Å²) >= 11 is 0. The molecule has 1 N–H and O–H groups in total. The molecule has 0 saturated heterocycles. The van der Waals surface area contributed by atoms with Gasteiger partial charge in [-0.2, -0.15) is 5.26 Å². The summed E-state index contributed by atoms with van der Waals surface area (Å²) in [7, 11) is 0. The molecule has 0 aliphatic heterocycles. The predicted molar refractivity (Wildman–Crippen MR) is 102 cm³/mol. The van der Waals surface area contributed by atoms with E-state index in [-0.39, 0.29) is 5.91 Å². The summed E-state index contributed by atoms with van der Waals surface area (Å²) in [6.07, 6.45) is 2.28. The van der Waals surface area contributed by atoms with Crippen LogP contribution in [-0.4, -0.2) is 24.6 Å². The van der Waals surface area contributed by atoms with Gasteiger partial charge in [-0.15, -0.1) is 0 Å². The minimum absolute atomic E-state index is 0.297. The monoisotopic (exact) mass is 364 g/mol. The molecule has 0 spiro atoms. The Kier molecular flexibility index (Phi) is 7.15. The van der Waals surface area contributed by atoms with E-state index in [4.69, 9.17) is 14.7 Å². The molecule has 6 nitrogen and oxygen atoms in total. The Balaban J connectivity index is 1.90. The first-order valence-electron chi connectivity index (χ1n) is 8.44. The number of nitrogens with one attached hydrogen (secondary N) is 1. The summed E-state index contributed by atoms with van der Waals surface area (Å²) in [6.45, 7) is 3.72. The third kappa shape index (κ3) is 6.33. The van der Waals surface area contributed by atoms with Gasteiger partial charge in [-0.25, -0.2) is 4.79 Å². The molecule has 2 aromatic carbocycles. The number of benzene rings is 2. The Hall–Kier alpha value is -3.59. The summed E-state index contributed by atoms with van der Waals surface area (Å²) in [6, 6.07) is 15.6. The van der Waals surface area contributed by atoms with Crippen molar-refractivity contribution < 1.29 is 19.1 Å². The molecule has 0 saturated carbocycles. The molecule has 0 bridgehead atoms. The lowest BCUT2D eigenvalue weighted by Gasteiger charge is -2.15. The van der Waals surface area contributed by atoms with Crippen LogP contribution in [0.2, 0.25) is 0 Å². The van der Waals surface area contributed by atoms with Crippen molar-refractivity contribution in [2.24, 2.45) is 0 Å². The molecule has 0 aliphatic rings. The molecular formula is C21H20N2O4. The van der Waals surface area contributed by atoms with Gasteiger partial charge in [0.2, 0.25) is 0 Å². The van der Waals surface area contributed by atoms with E-state index in [0.717, 1.165) is 5.56 Å². The number of esters is 1. The molecule has 0 aliphatic carbocycles. The van der Waals surface area contributed by atoms with Crippen LogP contribution in [0.1, 0.15) is 25.0 Å². The van der Waals surface area contributed by atoms with Crippen LogP contribution in [0, 0.1) is 11.3 Å². The molecular weight excluding hydrogens is 344 g/mol. The van der Waals surface area contributed by atoms with Crippen molar-refractivity contribution in [1.82, 2.24) is 0 Å². The highest BCUT2D eigenvalue weighted by Crippen LogP contribution is 2.15. The maximum Gasteiger partial charge on any atom is 0.330 e. The van der Waals surface area contributed by atoms with Crippen LogP contribution >= 0.6 is 0 Å². The Labute approximate surface area is 158 Å². The normalized spacial score (nSPS) is 11.4. The van der Waals surface area contributed by atoms with Gasteiger partial charge in [0.05, 0.1) is 18.2 Å². The molecule has 1 unspecified atom stereocenters. The lowest BCUT2D eigenvalue weighted by molar-refractivity contribution is -0.137. The van der Waals surface area contributed by atoms with Gasteiger partial charge < -0.3 is 14.8 Å². The zero-order valence-corrected chi connectivity index (χ0v) is 15.1. The maximum absolute atomic E-state index is 12.2. The second-order valence-electron chi connectivity index (χ2n) is 5.59. The smallest absolute Gasteiger partial charge is 0.330 e. The van der Waals surface area contributed by atoms with E-state index in [2.05, 4.69) is 5.32 Å². The number of carbonyl (C=O) groups is 2. The summed E-state index contributed by atoms with van der Waals surface area (Å²) in [4.78, 5) is 23.5. The zero-order valence-electron chi connectivity index (χ0n) is 15.1. The van der Waals surface area contributed by atoms with Crippen molar-refractivity contribution in [2.45, 2.75) is 20.0 Å². The zero-order chi connectivity index (χ0) is 19.6. The molecule has 2 aromatic rings. The average molecular weight is 364 g/mol. The van der Waals surface area contributed by atoms with Crippen LogP contribution in [0.5, 0.6) is 5.75 Å². The van der Waals surface area contributed by atoms with Gasteiger partial charge in [0.15, 0.2) is 6.10 Å². The standard InChI is InChI=1S/C21H20N2O4/c1-3-26-20(24)13-8-16-4-9-18(10-5-16)23-21(25)15(2)27-19-11-6-17(14-22)7-12-19/h4-13,15H,3H2,1-2H3,(H,23,25)/b13-8+. The van der Waals surface area contributed by atoms with Gasteiger partial charge in [0, 0.05) is 11.8 Å². The second kappa shape index (κ2) is 9.78. The van der Waals surface area contributed by atoms with Gasteiger partial charge in [-0.05, 0) is 61.9 Å². The minimum Gasteiger partial charge on any atom is -0.481 e. The van der Waals surface area contributed by atoms with Crippen LogP contribution in [-0.2, 0) is 14.3 Å². The third-order valence-electron chi connectivity index (χ3n) is 3.54. The number of nitrogens with zero attached hydrogens (tertiary/aromatic N) is 1. The van der Waals surface area contributed by atoms with Crippen LogP contribution in [0.3, 0.4) is 0 Å². The number of carbonyl (C=O) groups excluding carboxylic acids is 2. The lowest BCUT2D eigenvalue weighted by atomic mass is 10.2. The SMILES string of the molecule is CCOC(=O)/C=C/c1ccc(NC(=O)C(C)Oc2ccc(C#N)cc2)cc1. The molecule has 0 fully saturated rings. The highest BCUT2D eigenvalue weighted by Gasteiger charge is 2.14. The molecule has 0 aromatic heterocycles. The Morgan fingerprint density at radius 2 is 1.81 bits per heavy atom. The average Bonchev–Trinajstić information content (AvgIpc) is 2.68. The van der Waals surface area contributed by atoms with E-state index >= 15 is 0 Å². The molecule has 2 rings (SSSR count). The number of nitriles is 1. The fraction of sp³-hybridized carbons (Fsp3) is 0.190. The number of ether oxygens (including phenoxy) is 2. The van der Waals surface area contributed by atoms with Crippen molar-refractivity contribution in [3.8, 4) is 11.8 Å². The Morgan fingerprint density at radius 1 is 1.15 bits per heavy atom. The third-order valence-corrected chi connectivity index (χ3v) is 3.54. The first kappa shape index (κ1) is 19.7. The van der Waals surface area contributed by atoms with Gasteiger partial charge in [0.25, 0.3) is 5.91 Å². The van der Waals surface area contributed by atoms with Gasteiger partial charge in [-0.1, -0.05) is 12.1 Å². The quantitative estimate of drug-likeness (QED) is 0.600. The lowest BCUT2D eigenvalue weighted by Crippen LogP contribution is -2.30. The number of anilines is 1. The van der Waals surface area contributed by atoms with E-state index in [1.165, 1.54) is 6.08 Å². The fourth-order valence-corrected chi connectivity index (χ4v) is 2.14. The number of hydrogen-bond acceptors (Lipinski definition) is 5. The molecule has 138 valence electrons. The van der Waals surface area contributed by atoms with Crippen molar-refractivity contribution in [3.63, 3.8) is 0 Å². The van der Waals surface area contributed by atoms with Crippen LogP contribution < -0.4 is 10.1 Å². The molecule has 6 heteroatoms. The summed E-state index contributed by atoms with van der Waals surface area (Å²) in [5, 5.41) is 11.5. The van der Waals surface area contributed by atoms with Crippen LogP contribution in [0.4, 0.5) is 5.69 Å². The van der Waals surface area contributed by atoms with E-state index < -0.39 is 12.1 Å². The summed E-state index contributed by atoms with van der Waals surface area (Å²) in [5.41, 5.74) is 1.95. The molecule has 0 heterocycles. The highest BCUT2D eigenvalue weighted by molar-refractivity contribution is 5.94. The molecule has 1 atom stereocenters. The van der Waals surface area contributed by atoms with Crippen molar-refractivity contribution in [1.29, 1.82) is 5.26 Å². The predicted octanol–water partition coefficient (Wildman–Crippen LogP) is 3.54. The van der Waals surface area contributed by atoms with Crippen molar-refractivity contribution >= 4 is 23.6 Å². The van der Waals surface area contributed by atoms with Crippen LogP contribution in [0.15, 0.2) is 54.6 Å². The number of hydrogen-bond donors (Lipinski definition) is 1. The molecule has 1 amide bonds. The minimum atomic E-state index is -0.707. The van der Waals surface area contributed by atoms with Crippen molar-refractivity contribution in [3.05, 3.63) is 65.7 Å². The van der Waals surface area contributed by atoms with Gasteiger partial charge in [-0.3, -0.25) is 4.79 Å². The van der Waals surface area contributed by atoms with E-state index in [9.17, 15) is 9.59 Å². The van der Waals surface area contributed by atoms with E-state index in [0.29, 0.717) is 23.6 Å².